The molecule has 21 heavy (non-hydrogen) atoms. The Morgan fingerprint density at radius 2 is 1.76 bits per heavy atom. The molecule has 0 aliphatic carbocycles. The first-order valence-corrected chi connectivity index (χ1v) is 7.79. The molecule has 0 saturated heterocycles. The summed E-state index contributed by atoms with van der Waals surface area (Å²) in [6.07, 6.45) is 0. The Morgan fingerprint density at radius 3 is 2.52 bits per heavy atom. The monoisotopic (exact) mass is 285 g/mol. The third-order valence-electron chi connectivity index (χ3n) is 3.52. The van der Waals surface area contributed by atoms with E-state index in [-0.39, 0.29) is 5.41 Å². The molecular formula is C19H27NO. The molecule has 2 rings (SSSR count). The summed E-state index contributed by atoms with van der Waals surface area (Å²) in [5, 5.41) is 5.93. The molecule has 0 bridgehead atoms. The molecular weight excluding hydrogens is 258 g/mol. The normalized spacial score (nSPS) is 12.0. The lowest BCUT2D eigenvalue weighted by atomic mass is 9.94. The zero-order valence-electron chi connectivity index (χ0n) is 13.6. The highest BCUT2D eigenvalue weighted by Crippen LogP contribution is 2.27. The van der Waals surface area contributed by atoms with Crippen LogP contribution in [0.3, 0.4) is 0 Å². The van der Waals surface area contributed by atoms with Gasteiger partial charge in [-0.25, -0.2) is 0 Å². The van der Waals surface area contributed by atoms with Crippen LogP contribution in [0.4, 0.5) is 0 Å². The molecule has 0 spiro atoms. The predicted octanol–water partition coefficient (Wildman–Crippen LogP) is 4.49. The smallest absolute Gasteiger partial charge is 0.127 e. The first-order chi connectivity index (χ1) is 9.98. The van der Waals surface area contributed by atoms with Crippen molar-refractivity contribution in [2.45, 2.75) is 27.7 Å². The summed E-state index contributed by atoms with van der Waals surface area (Å²) in [7, 11) is 0. The van der Waals surface area contributed by atoms with Gasteiger partial charge in [-0.2, -0.15) is 0 Å². The van der Waals surface area contributed by atoms with Crippen LogP contribution in [0.25, 0.3) is 10.8 Å². The van der Waals surface area contributed by atoms with E-state index in [4.69, 9.17) is 4.74 Å². The summed E-state index contributed by atoms with van der Waals surface area (Å²) in [5.41, 5.74) is 0.117. The van der Waals surface area contributed by atoms with E-state index in [9.17, 15) is 0 Å². The number of rotatable bonds is 7. The summed E-state index contributed by atoms with van der Waals surface area (Å²) in [6, 6.07) is 14.6. The number of benzene rings is 2. The molecule has 114 valence electrons. The van der Waals surface area contributed by atoms with Crippen LogP contribution in [-0.4, -0.2) is 19.7 Å². The van der Waals surface area contributed by atoms with Crippen LogP contribution in [0, 0.1) is 11.3 Å². The van der Waals surface area contributed by atoms with Crippen LogP contribution in [0.2, 0.25) is 0 Å². The van der Waals surface area contributed by atoms with Crippen LogP contribution >= 0.6 is 0 Å². The molecule has 0 unspecified atom stereocenters. The minimum atomic E-state index is 0.117. The number of nitrogens with one attached hydrogen (secondary N) is 1. The maximum atomic E-state index is 6.10. The van der Waals surface area contributed by atoms with Crippen molar-refractivity contribution in [3.63, 3.8) is 0 Å². The van der Waals surface area contributed by atoms with E-state index >= 15 is 0 Å². The van der Waals surface area contributed by atoms with Crippen molar-refractivity contribution in [1.82, 2.24) is 5.32 Å². The van der Waals surface area contributed by atoms with E-state index in [1.807, 2.05) is 0 Å². The molecule has 2 heteroatoms. The molecule has 0 saturated carbocycles. The Balaban J connectivity index is 1.97. The fraction of sp³-hybridized carbons (Fsp3) is 0.474. The van der Waals surface area contributed by atoms with Gasteiger partial charge in [0, 0.05) is 17.3 Å². The van der Waals surface area contributed by atoms with E-state index < -0.39 is 0 Å². The van der Waals surface area contributed by atoms with Gasteiger partial charge in [0.1, 0.15) is 5.75 Å². The Kier molecular flexibility index (Phi) is 5.24. The molecule has 1 N–H and O–H groups in total. The average Bonchev–Trinajstić information content (AvgIpc) is 2.44. The van der Waals surface area contributed by atoms with Gasteiger partial charge in [0.2, 0.25) is 0 Å². The van der Waals surface area contributed by atoms with E-state index in [1.165, 1.54) is 10.8 Å². The molecule has 0 aromatic heterocycles. The van der Waals surface area contributed by atoms with Crippen LogP contribution in [0.1, 0.15) is 27.7 Å². The van der Waals surface area contributed by atoms with Crippen molar-refractivity contribution >= 4 is 10.8 Å². The van der Waals surface area contributed by atoms with E-state index in [0.717, 1.165) is 18.8 Å². The molecule has 2 nitrogen and oxygen atoms in total. The second-order valence-corrected chi connectivity index (χ2v) is 6.95. The number of hydrogen-bond acceptors (Lipinski definition) is 2. The van der Waals surface area contributed by atoms with Crippen LogP contribution < -0.4 is 10.1 Å². The fourth-order valence-electron chi connectivity index (χ4n) is 2.34. The second-order valence-electron chi connectivity index (χ2n) is 6.95. The van der Waals surface area contributed by atoms with Crippen LogP contribution in [0.5, 0.6) is 5.75 Å². The largest absolute Gasteiger partial charge is 0.492 e. The highest BCUT2D eigenvalue weighted by atomic mass is 16.5. The third-order valence-corrected chi connectivity index (χ3v) is 3.52. The molecule has 2 aromatic carbocycles. The Labute approximate surface area is 128 Å². The average molecular weight is 285 g/mol. The van der Waals surface area contributed by atoms with Crippen molar-refractivity contribution in [3.8, 4) is 5.75 Å². The first kappa shape index (κ1) is 15.8. The quantitative estimate of drug-likeness (QED) is 0.809. The van der Waals surface area contributed by atoms with Gasteiger partial charge in [0.25, 0.3) is 0 Å². The molecule has 0 aliphatic heterocycles. The van der Waals surface area contributed by atoms with Crippen molar-refractivity contribution in [2.24, 2.45) is 11.3 Å². The molecule has 0 radical (unpaired) electrons. The molecule has 0 aliphatic rings. The lowest BCUT2D eigenvalue weighted by molar-refractivity contribution is 0.177. The van der Waals surface area contributed by atoms with Gasteiger partial charge in [-0.15, -0.1) is 0 Å². The topological polar surface area (TPSA) is 21.3 Å². The van der Waals surface area contributed by atoms with Crippen molar-refractivity contribution < 1.29 is 4.74 Å². The molecule has 0 atom stereocenters. The zero-order chi connectivity index (χ0) is 15.3. The summed E-state index contributed by atoms with van der Waals surface area (Å²) in [4.78, 5) is 0. The van der Waals surface area contributed by atoms with Crippen molar-refractivity contribution in [1.29, 1.82) is 0 Å². The maximum absolute atomic E-state index is 6.10. The van der Waals surface area contributed by atoms with Crippen LogP contribution in [0.15, 0.2) is 42.5 Å². The molecule has 0 amide bonds. The Morgan fingerprint density at radius 1 is 1.05 bits per heavy atom. The van der Waals surface area contributed by atoms with Crippen molar-refractivity contribution in [3.05, 3.63) is 42.5 Å². The minimum absolute atomic E-state index is 0.117. The van der Waals surface area contributed by atoms with Gasteiger partial charge in [-0.1, -0.05) is 64.1 Å². The van der Waals surface area contributed by atoms with Gasteiger partial charge in [0.15, 0.2) is 0 Å². The summed E-state index contributed by atoms with van der Waals surface area (Å²) >= 11 is 0. The van der Waals surface area contributed by atoms with Gasteiger partial charge in [0.05, 0.1) is 6.61 Å². The highest BCUT2D eigenvalue weighted by molar-refractivity contribution is 5.88. The summed E-state index contributed by atoms with van der Waals surface area (Å²) in [5.74, 6) is 1.66. The molecule has 0 heterocycles. The van der Waals surface area contributed by atoms with Crippen molar-refractivity contribution in [2.75, 3.05) is 19.7 Å². The van der Waals surface area contributed by atoms with Crippen LogP contribution in [-0.2, 0) is 0 Å². The first-order valence-electron chi connectivity index (χ1n) is 7.79. The highest BCUT2D eigenvalue weighted by Gasteiger charge is 2.19. The minimum Gasteiger partial charge on any atom is -0.492 e. The van der Waals surface area contributed by atoms with Gasteiger partial charge >= 0.3 is 0 Å². The standard InChI is InChI=1S/C19H27NO/c1-15(2)12-20-13-19(3,4)14-21-18-11-7-9-16-8-5-6-10-17(16)18/h5-11,15,20H,12-14H2,1-4H3. The van der Waals surface area contributed by atoms with Gasteiger partial charge < -0.3 is 10.1 Å². The number of hydrogen-bond donors (Lipinski definition) is 1. The molecule has 2 aromatic rings. The lowest BCUT2D eigenvalue weighted by Crippen LogP contribution is -2.35. The van der Waals surface area contributed by atoms with E-state index in [0.29, 0.717) is 12.5 Å². The Bertz CT molecular complexity index is 569. The predicted molar refractivity (Wildman–Crippen MR) is 90.9 cm³/mol. The number of fused-ring (bicyclic) bond motifs is 1. The Hall–Kier alpha value is -1.54. The van der Waals surface area contributed by atoms with Gasteiger partial charge in [-0.05, 0) is 23.9 Å². The second kappa shape index (κ2) is 6.95. The zero-order valence-corrected chi connectivity index (χ0v) is 13.6. The number of ether oxygens (including phenoxy) is 1. The summed E-state index contributed by atoms with van der Waals surface area (Å²) in [6.45, 7) is 11.7. The summed E-state index contributed by atoms with van der Waals surface area (Å²) < 4.78 is 6.10. The maximum Gasteiger partial charge on any atom is 0.127 e. The fourth-order valence-corrected chi connectivity index (χ4v) is 2.34. The van der Waals surface area contributed by atoms with Gasteiger partial charge in [-0.3, -0.25) is 0 Å². The molecule has 0 fully saturated rings. The van der Waals surface area contributed by atoms with E-state index in [2.05, 4.69) is 75.5 Å². The van der Waals surface area contributed by atoms with E-state index in [1.54, 1.807) is 0 Å². The third kappa shape index (κ3) is 4.75. The lowest BCUT2D eigenvalue weighted by Gasteiger charge is -2.26. The SMILES string of the molecule is CC(C)CNCC(C)(C)COc1cccc2ccccc12.